The second-order valence-corrected chi connectivity index (χ2v) is 8.13. The monoisotopic (exact) mass is 406 g/mol. The van der Waals surface area contributed by atoms with Crippen molar-refractivity contribution >= 4 is 35.2 Å². The molecule has 1 heterocycles. The van der Waals surface area contributed by atoms with Gasteiger partial charge in [-0.3, -0.25) is 9.59 Å². The lowest BCUT2D eigenvalue weighted by molar-refractivity contribution is -0.125. The highest BCUT2D eigenvalue weighted by Crippen LogP contribution is 2.42. The number of hydrogen-bond donors (Lipinski definition) is 1. The third-order valence-corrected chi connectivity index (χ3v) is 5.88. The van der Waals surface area contributed by atoms with Gasteiger partial charge in [0.2, 0.25) is 5.91 Å². The first-order chi connectivity index (χ1) is 12.9. The van der Waals surface area contributed by atoms with Crippen LogP contribution < -0.4 is 5.32 Å². The molecule has 2 amide bonds. The van der Waals surface area contributed by atoms with Crippen molar-refractivity contribution in [2.24, 2.45) is 0 Å². The summed E-state index contributed by atoms with van der Waals surface area (Å²) in [4.78, 5) is 27.6. The first-order valence-electron chi connectivity index (χ1n) is 8.63. The maximum atomic E-state index is 13.3. The Labute approximate surface area is 167 Å². The van der Waals surface area contributed by atoms with Crippen molar-refractivity contribution in [3.63, 3.8) is 0 Å². The summed E-state index contributed by atoms with van der Waals surface area (Å²) in [5, 5.41) is 2.82. The van der Waals surface area contributed by atoms with Crippen molar-refractivity contribution in [2.45, 2.75) is 31.3 Å². The van der Waals surface area contributed by atoms with Crippen molar-refractivity contribution in [2.75, 3.05) is 5.75 Å². The quantitative estimate of drug-likeness (QED) is 0.825. The van der Waals surface area contributed by atoms with Crippen LogP contribution in [0.4, 0.5) is 4.39 Å². The molecular formula is C20H20ClFN2O2S. The van der Waals surface area contributed by atoms with Crippen LogP contribution in [-0.4, -0.2) is 34.6 Å². The van der Waals surface area contributed by atoms with Gasteiger partial charge in [0.25, 0.3) is 5.91 Å². The number of carbonyl (C=O) groups excluding carboxylic acids is 2. The second-order valence-electron chi connectivity index (χ2n) is 6.61. The topological polar surface area (TPSA) is 49.4 Å². The van der Waals surface area contributed by atoms with Crippen LogP contribution in [0.2, 0.25) is 5.02 Å². The zero-order valence-electron chi connectivity index (χ0n) is 15.0. The zero-order valence-corrected chi connectivity index (χ0v) is 16.6. The molecule has 0 radical (unpaired) electrons. The molecule has 4 nitrogen and oxygen atoms in total. The molecule has 1 N–H and O–H groups in total. The van der Waals surface area contributed by atoms with E-state index in [1.807, 2.05) is 13.8 Å². The maximum Gasteiger partial charge on any atom is 0.257 e. The van der Waals surface area contributed by atoms with Crippen molar-refractivity contribution in [1.82, 2.24) is 10.2 Å². The van der Waals surface area contributed by atoms with Crippen LogP contribution in [0.5, 0.6) is 0 Å². The third kappa shape index (κ3) is 4.28. The largest absolute Gasteiger partial charge is 0.352 e. The van der Waals surface area contributed by atoms with Gasteiger partial charge >= 0.3 is 0 Å². The molecule has 1 aliphatic rings. The minimum absolute atomic E-state index is 0.0374. The highest BCUT2D eigenvalue weighted by atomic mass is 35.5. The number of rotatable bonds is 4. The van der Waals surface area contributed by atoms with Crippen molar-refractivity contribution < 1.29 is 14.0 Å². The molecule has 2 atom stereocenters. The predicted octanol–water partition coefficient (Wildman–Crippen LogP) is 4.26. The highest BCUT2D eigenvalue weighted by Gasteiger charge is 2.43. The molecule has 2 aromatic rings. The fourth-order valence-corrected chi connectivity index (χ4v) is 4.64. The van der Waals surface area contributed by atoms with E-state index in [1.54, 1.807) is 41.3 Å². The Morgan fingerprint density at radius 2 is 1.85 bits per heavy atom. The SMILES string of the molecule is CC(C)NC(=O)C1CSC(c2ccc(F)cc2)N1C(=O)c1ccccc1Cl. The van der Waals surface area contributed by atoms with Crippen LogP contribution in [0.15, 0.2) is 48.5 Å². The molecule has 2 unspecified atom stereocenters. The van der Waals surface area contributed by atoms with Crippen LogP contribution in [-0.2, 0) is 4.79 Å². The molecule has 1 saturated heterocycles. The average Bonchev–Trinajstić information content (AvgIpc) is 3.07. The molecule has 142 valence electrons. The summed E-state index contributed by atoms with van der Waals surface area (Å²) in [5.41, 5.74) is 1.11. The Morgan fingerprint density at radius 3 is 2.48 bits per heavy atom. The molecule has 0 saturated carbocycles. The normalized spacial score (nSPS) is 19.4. The molecular weight excluding hydrogens is 387 g/mol. The Morgan fingerprint density at radius 1 is 1.19 bits per heavy atom. The summed E-state index contributed by atoms with van der Waals surface area (Å²) >= 11 is 7.70. The molecule has 1 aliphatic heterocycles. The Hall–Kier alpha value is -2.05. The lowest BCUT2D eigenvalue weighted by atomic mass is 10.1. The standard InChI is InChI=1S/C20H20ClFN2O2S/c1-12(2)23-18(25)17-11-27-20(13-7-9-14(22)10-8-13)24(17)19(26)15-5-3-4-6-16(15)21/h3-10,12,17,20H,11H2,1-2H3,(H,23,25). The van der Waals surface area contributed by atoms with Gasteiger partial charge in [-0.15, -0.1) is 11.8 Å². The molecule has 2 aromatic carbocycles. The van der Waals surface area contributed by atoms with Crippen molar-refractivity contribution in [1.29, 1.82) is 0 Å². The first kappa shape index (κ1) is 19.7. The molecule has 1 fully saturated rings. The van der Waals surface area contributed by atoms with Crippen LogP contribution in [0, 0.1) is 5.82 Å². The van der Waals surface area contributed by atoms with Gasteiger partial charge in [0.15, 0.2) is 0 Å². The Kier molecular flexibility index (Phi) is 6.07. The van der Waals surface area contributed by atoms with E-state index < -0.39 is 11.4 Å². The van der Waals surface area contributed by atoms with Gasteiger partial charge in [0.1, 0.15) is 17.2 Å². The van der Waals surface area contributed by atoms with Gasteiger partial charge in [-0.25, -0.2) is 4.39 Å². The molecule has 7 heteroatoms. The second kappa shape index (κ2) is 8.31. The predicted molar refractivity (Wildman–Crippen MR) is 106 cm³/mol. The number of carbonyl (C=O) groups is 2. The smallest absolute Gasteiger partial charge is 0.257 e. The molecule has 0 aliphatic carbocycles. The van der Waals surface area contributed by atoms with Gasteiger partial charge in [0.05, 0.1) is 10.6 Å². The first-order valence-corrected chi connectivity index (χ1v) is 10.1. The zero-order chi connectivity index (χ0) is 19.6. The van der Waals surface area contributed by atoms with E-state index in [1.165, 1.54) is 23.9 Å². The van der Waals surface area contributed by atoms with E-state index in [0.29, 0.717) is 16.3 Å². The molecule has 0 spiro atoms. The minimum atomic E-state index is -0.628. The molecule has 3 rings (SSSR count). The number of halogens is 2. The van der Waals surface area contributed by atoms with Gasteiger partial charge in [-0.1, -0.05) is 35.9 Å². The Bertz CT molecular complexity index is 844. The van der Waals surface area contributed by atoms with Crippen LogP contribution >= 0.6 is 23.4 Å². The highest BCUT2D eigenvalue weighted by molar-refractivity contribution is 7.99. The van der Waals surface area contributed by atoms with Crippen molar-refractivity contribution in [3.05, 3.63) is 70.5 Å². The molecule has 27 heavy (non-hydrogen) atoms. The van der Waals surface area contributed by atoms with Gasteiger partial charge < -0.3 is 10.2 Å². The van der Waals surface area contributed by atoms with Gasteiger partial charge in [0, 0.05) is 11.8 Å². The number of benzene rings is 2. The van der Waals surface area contributed by atoms with E-state index in [9.17, 15) is 14.0 Å². The minimum Gasteiger partial charge on any atom is -0.352 e. The maximum absolute atomic E-state index is 13.3. The summed E-state index contributed by atoms with van der Waals surface area (Å²) < 4.78 is 13.3. The summed E-state index contributed by atoms with van der Waals surface area (Å²) in [6.07, 6.45) is 0. The fourth-order valence-electron chi connectivity index (χ4n) is 3.00. The van der Waals surface area contributed by atoms with E-state index in [0.717, 1.165) is 5.56 Å². The number of amides is 2. The van der Waals surface area contributed by atoms with Crippen LogP contribution in [0.25, 0.3) is 0 Å². The third-order valence-electron chi connectivity index (χ3n) is 4.23. The van der Waals surface area contributed by atoms with Gasteiger partial charge in [-0.2, -0.15) is 0 Å². The fraction of sp³-hybridized carbons (Fsp3) is 0.300. The van der Waals surface area contributed by atoms with E-state index in [-0.39, 0.29) is 23.7 Å². The van der Waals surface area contributed by atoms with E-state index >= 15 is 0 Å². The van der Waals surface area contributed by atoms with E-state index in [4.69, 9.17) is 11.6 Å². The summed E-state index contributed by atoms with van der Waals surface area (Å²) in [6.45, 7) is 3.75. The summed E-state index contributed by atoms with van der Waals surface area (Å²) in [7, 11) is 0. The summed E-state index contributed by atoms with van der Waals surface area (Å²) in [5.74, 6) is -0.414. The Balaban J connectivity index is 1.99. The van der Waals surface area contributed by atoms with Gasteiger partial charge in [-0.05, 0) is 43.7 Å². The number of thioether (sulfide) groups is 1. The summed E-state index contributed by atoms with van der Waals surface area (Å²) in [6, 6.07) is 12.1. The molecule has 0 aromatic heterocycles. The lowest BCUT2D eigenvalue weighted by Crippen LogP contribution is -2.49. The van der Waals surface area contributed by atoms with Crippen LogP contribution in [0.3, 0.4) is 0 Å². The number of hydrogen-bond acceptors (Lipinski definition) is 3. The lowest BCUT2D eigenvalue weighted by Gasteiger charge is -2.30. The number of nitrogens with zero attached hydrogens (tertiary/aromatic N) is 1. The number of nitrogens with one attached hydrogen (secondary N) is 1. The van der Waals surface area contributed by atoms with Crippen molar-refractivity contribution in [3.8, 4) is 0 Å². The average molecular weight is 407 g/mol. The van der Waals surface area contributed by atoms with E-state index in [2.05, 4.69) is 5.32 Å². The molecule has 0 bridgehead atoms. The van der Waals surface area contributed by atoms with Crippen LogP contribution in [0.1, 0.15) is 35.1 Å².